The zero-order valence-corrected chi connectivity index (χ0v) is 18.5. The van der Waals surface area contributed by atoms with E-state index in [-0.39, 0.29) is 5.91 Å². The maximum atomic E-state index is 12.7. The van der Waals surface area contributed by atoms with Crippen LogP contribution in [0.15, 0.2) is 48.5 Å². The third kappa shape index (κ3) is 6.89. The molecule has 2 heterocycles. The largest absolute Gasteiger partial charge is 0.379 e. The van der Waals surface area contributed by atoms with E-state index in [1.165, 1.54) is 49.9 Å². The quantitative estimate of drug-likeness (QED) is 0.738. The fourth-order valence-electron chi connectivity index (χ4n) is 4.43. The molecule has 0 aliphatic carbocycles. The molecule has 4 rings (SSSR count). The van der Waals surface area contributed by atoms with Crippen LogP contribution in [-0.4, -0.2) is 55.1 Å². The molecular formula is C26H35N3O2. The van der Waals surface area contributed by atoms with E-state index in [9.17, 15) is 4.79 Å². The van der Waals surface area contributed by atoms with Crippen molar-refractivity contribution in [3.8, 4) is 0 Å². The number of nitrogens with zero attached hydrogens (tertiary/aromatic N) is 2. The molecule has 2 aromatic carbocycles. The minimum absolute atomic E-state index is 0.0162. The van der Waals surface area contributed by atoms with Gasteiger partial charge < -0.3 is 10.1 Å². The number of nitrogens with one attached hydrogen (secondary N) is 1. The molecule has 0 atom stereocenters. The lowest BCUT2D eigenvalue weighted by atomic mass is 10.1. The van der Waals surface area contributed by atoms with E-state index in [2.05, 4.69) is 45.4 Å². The Labute approximate surface area is 186 Å². The maximum absolute atomic E-state index is 12.7. The maximum Gasteiger partial charge on any atom is 0.251 e. The molecule has 0 radical (unpaired) electrons. The summed E-state index contributed by atoms with van der Waals surface area (Å²) in [6.45, 7) is 8.34. The number of likely N-dealkylation sites (tertiary alicyclic amines) is 1. The molecular weight excluding hydrogens is 386 g/mol. The number of ether oxygens (including phenoxy) is 1. The smallest absolute Gasteiger partial charge is 0.251 e. The first-order valence-corrected chi connectivity index (χ1v) is 11.7. The van der Waals surface area contributed by atoms with Crippen LogP contribution >= 0.6 is 0 Å². The van der Waals surface area contributed by atoms with Crippen molar-refractivity contribution in [3.63, 3.8) is 0 Å². The molecule has 2 aliphatic heterocycles. The van der Waals surface area contributed by atoms with Crippen LogP contribution in [0.5, 0.6) is 0 Å². The Morgan fingerprint density at radius 2 is 1.42 bits per heavy atom. The predicted octanol–water partition coefficient (Wildman–Crippen LogP) is 3.82. The van der Waals surface area contributed by atoms with E-state index in [0.717, 1.165) is 50.5 Å². The van der Waals surface area contributed by atoms with Gasteiger partial charge in [-0.15, -0.1) is 0 Å². The molecule has 0 spiro atoms. The number of carbonyl (C=O) groups is 1. The van der Waals surface area contributed by atoms with E-state index in [4.69, 9.17) is 4.74 Å². The first-order valence-electron chi connectivity index (χ1n) is 11.7. The van der Waals surface area contributed by atoms with Gasteiger partial charge in [-0.05, 0) is 54.8 Å². The summed E-state index contributed by atoms with van der Waals surface area (Å²) in [7, 11) is 0. The number of hydrogen-bond acceptors (Lipinski definition) is 4. The number of benzene rings is 2. The van der Waals surface area contributed by atoms with E-state index in [1.54, 1.807) is 0 Å². The zero-order valence-electron chi connectivity index (χ0n) is 18.5. The highest BCUT2D eigenvalue weighted by Gasteiger charge is 2.13. The van der Waals surface area contributed by atoms with Gasteiger partial charge in [-0.1, -0.05) is 49.2 Å². The zero-order chi connectivity index (χ0) is 21.3. The Hall–Kier alpha value is -2.21. The molecule has 0 saturated carbocycles. The second kappa shape index (κ2) is 11.4. The summed E-state index contributed by atoms with van der Waals surface area (Å²) in [4.78, 5) is 17.6. The fraction of sp³-hybridized carbons (Fsp3) is 0.500. The average molecular weight is 422 g/mol. The standard InChI is InChI=1S/C26H35N3O2/c30-26(25-7-5-6-24(18-25)21-29-14-16-31-17-15-29)27-19-22-8-10-23(11-9-22)20-28-12-3-1-2-4-13-28/h5-11,18H,1-4,12-17,19-21H2,(H,27,30). The van der Waals surface area contributed by atoms with Gasteiger partial charge in [0.05, 0.1) is 13.2 Å². The first-order chi connectivity index (χ1) is 15.3. The molecule has 1 N–H and O–H groups in total. The second-order valence-electron chi connectivity index (χ2n) is 8.78. The van der Waals surface area contributed by atoms with Crippen LogP contribution in [0.25, 0.3) is 0 Å². The molecule has 31 heavy (non-hydrogen) atoms. The highest BCUT2D eigenvalue weighted by molar-refractivity contribution is 5.94. The van der Waals surface area contributed by atoms with Crippen molar-refractivity contribution in [1.29, 1.82) is 0 Å². The lowest BCUT2D eigenvalue weighted by Crippen LogP contribution is -2.35. The summed E-state index contributed by atoms with van der Waals surface area (Å²) in [6, 6.07) is 16.7. The summed E-state index contributed by atoms with van der Waals surface area (Å²) >= 11 is 0. The van der Waals surface area contributed by atoms with Crippen molar-refractivity contribution in [2.24, 2.45) is 0 Å². The molecule has 0 bridgehead atoms. The van der Waals surface area contributed by atoms with Gasteiger partial charge in [0, 0.05) is 38.3 Å². The second-order valence-corrected chi connectivity index (χ2v) is 8.78. The minimum atomic E-state index is -0.0162. The van der Waals surface area contributed by atoms with Crippen LogP contribution < -0.4 is 5.32 Å². The van der Waals surface area contributed by atoms with Gasteiger partial charge in [0.25, 0.3) is 5.91 Å². The molecule has 1 amide bonds. The summed E-state index contributed by atoms with van der Waals surface area (Å²) in [6.07, 6.45) is 5.37. The topological polar surface area (TPSA) is 44.8 Å². The van der Waals surface area contributed by atoms with Gasteiger partial charge in [0.15, 0.2) is 0 Å². The number of carbonyl (C=O) groups excluding carboxylic acids is 1. The summed E-state index contributed by atoms with van der Waals surface area (Å²) in [5.74, 6) is -0.0162. The molecule has 166 valence electrons. The molecule has 5 nitrogen and oxygen atoms in total. The molecule has 2 saturated heterocycles. The fourth-order valence-corrected chi connectivity index (χ4v) is 4.43. The van der Waals surface area contributed by atoms with Crippen molar-refractivity contribution in [1.82, 2.24) is 15.1 Å². The van der Waals surface area contributed by atoms with Gasteiger partial charge in [-0.3, -0.25) is 14.6 Å². The van der Waals surface area contributed by atoms with Crippen molar-refractivity contribution < 1.29 is 9.53 Å². The molecule has 2 aliphatic rings. The van der Waals surface area contributed by atoms with Crippen LogP contribution in [0.1, 0.15) is 52.7 Å². The third-order valence-corrected chi connectivity index (χ3v) is 6.28. The molecule has 0 aromatic heterocycles. The number of morpholine rings is 1. The highest BCUT2D eigenvalue weighted by Crippen LogP contribution is 2.14. The van der Waals surface area contributed by atoms with Gasteiger partial charge in [0.2, 0.25) is 0 Å². The normalized spacial score (nSPS) is 18.5. The van der Waals surface area contributed by atoms with E-state index < -0.39 is 0 Å². The van der Waals surface area contributed by atoms with Crippen LogP contribution in [0.3, 0.4) is 0 Å². The summed E-state index contributed by atoms with van der Waals surface area (Å²) in [5, 5.41) is 3.07. The van der Waals surface area contributed by atoms with Crippen LogP contribution in [0.4, 0.5) is 0 Å². The van der Waals surface area contributed by atoms with Gasteiger partial charge in [-0.25, -0.2) is 0 Å². The molecule has 5 heteroatoms. The van der Waals surface area contributed by atoms with Gasteiger partial charge >= 0.3 is 0 Å². The van der Waals surface area contributed by atoms with Crippen molar-refractivity contribution in [2.45, 2.75) is 45.3 Å². The van der Waals surface area contributed by atoms with E-state index in [0.29, 0.717) is 6.54 Å². The van der Waals surface area contributed by atoms with Gasteiger partial charge in [0.1, 0.15) is 0 Å². The first kappa shape index (κ1) is 22.0. The Morgan fingerprint density at radius 1 is 0.774 bits per heavy atom. The Morgan fingerprint density at radius 3 is 2.16 bits per heavy atom. The minimum Gasteiger partial charge on any atom is -0.379 e. The Balaban J connectivity index is 1.26. The van der Waals surface area contributed by atoms with E-state index in [1.807, 2.05) is 18.2 Å². The Kier molecular flexibility index (Phi) is 8.11. The Bertz CT molecular complexity index is 823. The SMILES string of the molecule is O=C(NCc1ccc(CN2CCCCCC2)cc1)c1cccc(CN2CCOCC2)c1. The third-order valence-electron chi connectivity index (χ3n) is 6.28. The summed E-state index contributed by atoms with van der Waals surface area (Å²) in [5.41, 5.74) is 4.39. The number of amides is 1. The molecule has 2 aromatic rings. The van der Waals surface area contributed by atoms with E-state index >= 15 is 0 Å². The van der Waals surface area contributed by atoms with Crippen LogP contribution in [0, 0.1) is 0 Å². The lowest BCUT2D eigenvalue weighted by Gasteiger charge is -2.26. The molecule has 0 unspecified atom stereocenters. The average Bonchev–Trinajstić information content (AvgIpc) is 3.08. The van der Waals surface area contributed by atoms with Crippen molar-refractivity contribution in [2.75, 3.05) is 39.4 Å². The number of rotatable bonds is 7. The monoisotopic (exact) mass is 421 g/mol. The van der Waals surface area contributed by atoms with Crippen molar-refractivity contribution >= 4 is 5.91 Å². The number of hydrogen-bond donors (Lipinski definition) is 1. The predicted molar refractivity (Wildman–Crippen MR) is 124 cm³/mol. The van der Waals surface area contributed by atoms with Crippen LogP contribution in [0.2, 0.25) is 0 Å². The highest BCUT2D eigenvalue weighted by atomic mass is 16.5. The van der Waals surface area contributed by atoms with Crippen LogP contribution in [-0.2, 0) is 24.4 Å². The lowest BCUT2D eigenvalue weighted by molar-refractivity contribution is 0.0342. The van der Waals surface area contributed by atoms with Gasteiger partial charge in [-0.2, -0.15) is 0 Å². The van der Waals surface area contributed by atoms with Crippen molar-refractivity contribution in [3.05, 3.63) is 70.8 Å². The molecule has 2 fully saturated rings. The summed E-state index contributed by atoms with van der Waals surface area (Å²) < 4.78 is 5.42.